The van der Waals surface area contributed by atoms with Gasteiger partial charge in [0.1, 0.15) is 0 Å². The highest BCUT2D eigenvalue weighted by molar-refractivity contribution is 4.60. The van der Waals surface area contributed by atoms with E-state index in [2.05, 4.69) is 19.2 Å². The van der Waals surface area contributed by atoms with Crippen molar-refractivity contribution in [1.29, 1.82) is 0 Å². The van der Waals surface area contributed by atoms with Gasteiger partial charge in [0, 0.05) is 6.04 Å². The lowest BCUT2D eigenvalue weighted by molar-refractivity contribution is 0.475. The molecule has 2 nitrogen and oxygen atoms in total. The van der Waals surface area contributed by atoms with E-state index in [1.807, 2.05) is 0 Å². The molecule has 0 radical (unpaired) electrons. The van der Waals surface area contributed by atoms with Gasteiger partial charge in [0.05, 0.1) is 0 Å². The lowest BCUT2D eigenvalue weighted by Crippen LogP contribution is -2.27. The summed E-state index contributed by atoms with van der Waals surface area (Å²) in [6.45, 7) is 6.50. The Labute approximate surface area is 89.6 Å². The maximum Gasteiger partial charge on any atom is 0.00387 e. The monoisotopic (exact) mass is 200 g/mol. The molecule has 0 spiro atoms. The van der Waals surface area contributed by atoms with E-state index in [0.717, 1.165) is 19.5 Å². The molecule has 2 heteroatoms. The maximum absolute atomic E-state index is 5.43. The molecular formula is C12H28N2. The van der Waals surface area contributed by atoms with Crippen LogP contribution in [0.2, 0.25) is 0 Å². The zero-order valence-corrected chi connectivity index (χ0v) is 10.0. The lowest BCUT2D eigenvalue weighted by atomic mass is 10.1. The molecule has 3 N–H and O–H groups in total. The van der Waals surface area contributed by atoms with Gasteiger partial charge in [-0.1, -0.05) is 32.6 Å². The Morgan fingerprint density at radius 2 is 1.86 bits per heavy atom. The van der Waals surface area contributed by atoms with Crippen molar-refractivity contribution in [3.63, 3.8) is 0 Å². The topological polar surface area (TPSA) is 38.0 Å². The van der Waals surface area contributed by atoms with E-state index in [0.29, 0.717) is 6.04 Å². The van der Waals surface area contributed by atoms with Gasteiger partial charge >= 0.3 is 0 Å². The van der Waals surface area contributed by atoms with Crippen LogP contribution in [0, 0.1) is 0 Å². The molecule has 0 bridgehead atoms. The summed E-state index contributed by atoms with van der Waals surface area (Å²) in [6, 6.07) is 0.685. The third kappa shape index (κ3) is 10.0. The average molecular weight is 200 g/mol. The van der Waals surface area contributed by atoms with Gasteiger partial charge < -0.3 is 11.1 Å². The number of hydrogen-bond donors (Lipinski definition) is 2. The molecule has 0 saturated heterocycles. The fourth-order valence-corrected chi connectivity index (χ4v) is 1.60. The summed E-state index contributed by atoms with van der Waals surface area (Å²) in [5, 5.41) is 3.54. The van der Waals surface area contributed by atoms with Gasteiger partial charge in [-0.2, -0.15) is 0 Å². The second kappa shape index (κ2) is 11.0. The third-order valence-corrected chi connectivity index (χ3v) is 2.61. The van der Waals surface area contributed by atoms with E-state index in [9.17, 15) is 0 Å². The first-order valence-corrected chi connectivity index (χ1v) is 6.24. The average Bonchev–Trinajstić information content (AvgIpc) is 2.19. The van der Waals surface area contributed by atoms with E-state index in [1.165, 1.54) is 38.5 Å². The van der Waals surface area contributed by atoms with Crippen molar-refractivity contribution >= 4 is 0 Å². The van der Waals surface area contributed by atoms with E-state index in [1.54, 1.807) is 0 Å². The third-order valence-electron chi connectivity index (χ3n) is 2.61. The first-order valence-electron chi connectivity index (χ1n) is 6.24. The van der Waals surface area contributed by atoms with E-state index < -0.39 is 0 Å². The molecule has 1 atom stereocenters. The van der Waals surface area contributed by atoms with Gasteiger partial charge in [-0.05, 0) is 39.3 Å². The van der Waals surface area contributed by atoms with Crippen molar-refractivity contribution < 1.29 is 0 Å². The minimum absolute atomic E-state index is 0.685. The van der Waals surface area contributed by atoms with Crippen molar-refractivity contribution in [2.75, 3.05) is 13.1 Å². The van der Waals surface area contributed by atoms with Gasteiger partial charge in [0.15, 0.2) is 0 Å². The Balaban J connectivity index is 3.07. The SMILES string of the molecule is CCCCCCC(C)NCCCCN. The summed E-state index contributed by atoms with van der Waals surface area (Å²) in [5.74, 6) is 0. The molecular weight excluding hydrogens is 172 g/mol. The Morgan fingerprint density at radius 3 is 2.50 bits per heavy atom. The van der Waals surface area contributed by atoms with Crippen molar-refractivity contribution in [2.24, 2.45) is 5.73 Å². The number of nitrogens with one attached hydrogen (secondary N) is 1. The molecule has 86 valence electrons. The van der Waals surface area contributed by atoms with Crippen LogP contribution in [0.15, 0.2) is 0 Å². The van der Waals surface area contributed by atoms with Crippen LogP contribution in [-0.4, -0.2) is 19.1 Å². The molecule has 0 heterocycles. The molecule has 0 aliphatic rings. The highest BCUT2D eigenvalue weighted by Crippen LogP contribution is 2.05. The fraction of sp³-hybridized carbons (Fsp3) is 1.00. The van der Waals surface area contributed by atoms with Crippen LogP contribution in [0.25, 0.3) is 0 Å². The van der Waals surface area contributed by atoms with Crippen molar-refractivity contribution in [1.82, 2.24) is 5.32 Å². The highest BCUT2D eigenvalue weighted by atomic mass is 14.9. The van der Waals surface area contributed by atoms with Crippen molar-refractivity contribution in [2.45, 2.75) is 64.8 Å². The summed E-state index contributed by atoms with van der Waals surface area (Å²) in [7, 11) is 0. The second-order valence-electron chi connectivity index (χ2n) is 4.20. The quantitative estimate of drug-likeness (QED) is 0.532. The molecule has 0 amide bonds. The van der Waals surface area contributed by atoms with Gasteiger partial charge in [0.25, 0.3) is 0 Å². The number of rotatable bonds is 10. The Kier molecular flexibility index (Phi) is 10.9. The summed E-state index contributed by atoms with van der Waals surface area (Å²) in [4.78, 5) is 0. The number of unbranched alkanes of at least 4 members (excludes halogenated alkanes) is 4. The largest absolute Gasteiger partial charge is 0.330 e. The highest BCUT2D eigenvalue weighted by Gasteiger charge is 1.99. The first kappa shape index (κ1) is 13.9. The minimum Gasteiger partial charge on any atom is -0.330 e. The summed E-state index contributed by atoms with van der Waals surface area (Å²) in [6.07, 6.45) is 9.18. The van der Waals surface area contributed by atoms with E-state index in [4.69, 9.17) is 5.73 Å². The minimum atomic E-state index is 0.685. The molecule has 1 unspecified atom stereocenters. The van der Waals surface area contributed by atoms with Crippen LogP contribution in [0.5, 0.6) is 0 Å². The Bertz CT molecular complexity index is 92.5. The Hall–Kier alpha value is -0.0800. The van der Waals surface area contributed by atoms with Crippen LogP contribution < -0.4 is 11.1 Å². The summed E-state index contributed by atoms with van der Waals surface area (Å²) >= 11 is 0. The Morgan fingerprint density at radius 1 is 1.07 bits per heavy atom. The number of hydrogen-bond acceptors (Lipinski definition) is 2. The molecule has 0 saturated carbocycles. The van der Waals surface area contributed by atoms with E-state index >= 15 is 0 Å². The maximum atomic E-state index is 5.43. The van der Waals surface area contributed by atoms with Gasteiger partial charge in [-0.3, -0.25) is 0 Å². The fourth-order valence-electron chi connectivity index (χ4n) is 1.60. The second-order valence-corrected chi connectivity index (χ2v) is 4.20. The van der Waals surface area contributed by atoms with Crippen LogP contribution in [0.4, 0.5) is 0 Å². The molecule has 0 aliphatic heterocycles. The first-order chi connectivity index (χ1) is 6.81. The normalized spacial score (nSPS) is 13.1. The predicted octanol–water partition coefficient (Wildman–Crippen LogP) is 2.67. The smallest absolute Gasteiger partial charge is 0.00387 e. The summed E-state index contributed by atoms with van der Waals surface area (Å²) < 4.78 is 0. The molecule has 0 aromatic heterocycles. The zero-order valence-electron chi connectivity index (χ0n) is 10.0. The van der Waals surface area contributed by atoms with Crippen LogP contribution in [-0.2, 0) is 0 Å². The van der Waals surface area contributed by atoms with Gasteiger partial charge in [-0.25, -0.2) is 0 Å². The molecule has 0 aromatic carbocycles. The number of nitrogens with two attached hydrogens (primary N) is 1. The van der Waals surface area contributed by atoms with Crippen LogP contribution in [0.3, 0.4) is 0 Å². The molecule has 0 aliphatic carbocycles. The molecule has 0 rings (SSSR count). The molecule has 0 aromatic rings. The van der Waals surface area contributed by atoms with E-state index in [-0.39, 0.29) is 0 Å². The van der Waals surface area contributed by atoms with Crippen molar-refractivity contribution in [3.8, 4) is 0 Å². The van der Waals surface area contributed by atoms with Gasteiger partial charge in [0.2, 0.25) is 0 Å². The van der Waals surface area contributed by atoms with Gasteiger partial charge in [-0.15, -0.1) is 0 Å². The predicted molar refractivity (Wildman–Crippen MR) is 64.5 cm³/mol. The standard InChI is InChI=1S/C12H28N2/c1-3-4-5-6-9-12(2)14-11-8-7-10-13/h12,14H,3-11,13H2,1-2H3. The zero-order chi connectivity index (χ0) is 10.6. The summed E-state index contributed by atoms with van der Waals surface area (Å²) in [5.41, 5.74) is 5.43. The lowest BCUT2D eigenvalue weighted by Gasteiger charge is -2.13. The molecule has 0 fully saturated rings. The van der Waals surface area contributed by atoms with Crippen LogP contribution >= 0.6 is 0 Å². The molecule has 14 heavy (non-hydrogen) atoms. The van der Waals surface area contributed by atoms with Crippen molar-refractivity contribution in [3.05, 3.63) is 0 Å². The van der Waals surface area contributed by atoms with Crippen LogP contribution in [0.1, 0.15) is 58.8 Å².